The minimum atomic E-state index is -1.13. The predicted octanol–water partition coefficient (Wildman–Crippen LogP) is 2.61. The molecule has 4 rings (SSSR count). The molecule has 1 saturated heterocycles. The van der Waals surface area contributed by atoms with Crippen LogP contribution >= 0.6 is 0 Å². The molecular weight excluding hydrogens is 276 g/mol. The van der Waals surface area contributed by atoms with E-state index >= 15 is 0 Å². The fraction of sp³-hybridized carbons (Fsp3) is 0.500. The van der Waals surface area contributed by atoms with Gasteiger partial charge in [0.15, 0.2) is 5.41 Å². The number of nitrogens with zero attached hydrogens (tertiary/aromatic N) is 2. The van der Waals surface area contributed by atoms with Gasteiger partial charge in [-0.1, -0.05) is 49.6 Å². The largest absolute Gasteiger partial charge is 0.278 e. The summed E-state index contributed by atoms with van der Waals surface area (Å²) < 4.78 is 0. The Morgan fingerprint density at radius 2 is 1.73 bits per heavy atom. The highest BCUT2D eigenvalue weighted by atomic mass is 16.2. The number of likely N-dealkylation sites (tertiary alicyclic amines) is 1. The summed E-state index contributed by atoms with van der Waals surface area (Å²) in [6, 6.07) is 11.7. The second-order valence-electron chi connectivity index (χ2n) is 6.65. The molecule has 2 saturated carbocycles. The summed E-state index contributed by atoms with van der Waals surface area (Å²) in [6.45, 7) is 0. The molecule has 0 radical (unpaired) electrons. The van der Waals surface area contributed by atoms with Gasteiger partial charge in [-0.05, 0) is 18.4 Å². The number of hydrogen-bond acceptors (Lipinski definition) is 3. The Kier molecular flexibility index (Phi) is 2.87. The first-order chi connectivity index (χ1) is 10.7. The van der Waals surface area contributed by atoms with E-state index in [4.69, 9.17) is 0 Å². The molecule has 0 unspecified atom stereocenters. The molecular formula is C18H18N2O2. The van der Waals surface area contributed by atoms with Gasteiger partial charge in [-0.3, -0.25) is 14.5 Å². The molecule has 4 heteroatoms. The van der Waals surface area contributed by atoms with Gasteiger partial charge in [0.2, 0.25) is 5.91 Å². The molecule has 4 nitrogen and oxygen atoms in total. The molecule has 0 aromatic heterocycles. The number of nitriles is 1. The molecule has 0 bridgehead atoms. The lowest BCUT2D eigenvalue weighted by molar-refractivity contribution is -0.145. The van der Waals surface area contributed by atoms with E-state index in [1.165, 1.54) is 11.3 Å². The number of imide groups is 1. The fourth-order valence-corrected chi connectivity index (χ4v) is 4.43. The van der Waals surface area contributed by atoms with E-state index in [1.807, 2.05) is 30.3 Å². The molecule has 112 valence electrons. The normalized spacial score (nSPS) is 34.4. The Bertz CT molecular complexity index is 672. The molecule has 3 aliphatic rings. The monoisotopic (exact) mass is 294 g/mol. The standard InChI is InChI=1S/C18H18N2O2/c19-11-18-14(12-7-3-1-4-8-12)15(18)16(21)20(17(18)22)13-9-5-2-6-10-13/h1,3-4,7-8,13-15H,2,5-6,9-10H2/t14-,15+,18+/m1/s1. The molecule has 0 spiro atoms. The number of hydrogen-bond donors (Lipinski definition) is 0. The highest BCUT2D eigenvalue weighted by Crippen LogP contribution is 2.69. The van der Waals surface area contributed by atoms with Crippen LogP contribution in [-0.2, 0) is 9.59 Å². The molecule has 3 fully saturated rings. The first kappa shape index (κ1) is 13.5. The van der Waals surface area contributed by atoms with Crippen molar-refractivity contribution in [3.05, 3.63) is 35.9 Å². The molecule has 1 aromatic carbocycles. The van der Waals surface area contributed by atoms with Crippen molar-refractivity contribution in [2.45, 2.75) is 44.1 Å². The molecule has 0 N–H and O–H groups in total. The zero-order valence-electron chi connectivity index (χ0n) is 12.4. The third kappa shape index (κ3) is 1.57. The maximum absolute atomic E-state index is 12.9. The van der Waals surface area contributed by atoms with Crippen molar-refractivity contribution in [1.29, 1.82) is 5.26 Å². The lowest BCUT2D eigenvalue weighted by Crippen LogP contribution is -2.45. The highest BCUT2D eigenvalue weighted by molar-refractivity contribution is 6.15. The number of carbonyl (C=O) groups is 2. The Hall–Kier alpha value is -2.15. The van der Waals surface area contributed by atoms with Crippen LogP contribution in [0.4, 0.5) is 0 Å². The number of piperidine rings is 1. The van der Waals surface area contributed by atoms with Gasteiger partial charge < -0.3 is 0 Å². The fourth-order valence-electron chi connectivity index (χ4n) is 4.43. The van der Waals surface area contributed by atoms with Crippen molar-refractivity contribution in [3.63, 3.8) is 0 Å². The molecule has 3 atom stereocenters. The van der Waals surface area contributed by atoms with E-state index in [1.54, 1.807) is 0 Å². The van der Waals surface area contributed by atoms with Gasteiger partial charge in [0, 0.05) is 12.0 Å². The van der Waals surface area contributed by atoms with Crippen molar-refractivity contribution < 1.29 is 9.59 Å². The maximum atomic E-state index is 12.9. The summed E-state index contributed by atoms with van der Waals surface area (Å²) in [6.07, 6.45) is 5.08. The Morgan fingerprint density at radius 3 is 2.32 bits per heavy atom. The number of amides is 2. The quantitative estimate of drug-likeness (QED) is 0.788. The Balaban J connectivity index is 1.66. The molecule has 2 amide bonds. The van der Waals surface area contributed by atoms with E-state index in [0.717, 1.165) is 31.2 Å². The van der Waals surface area contributed by atoms with Crippen LogP contribution in [0.5, 0.6) is 0 Å². The van der Waals surface area contributed by atoms with Crippen LogP contribution in [0, 0.1) is 22.7 Å². The summed E-state index contributed by atoms with van der Waals surface area (Å²) in [5.74, 6) is -1.08. The minimum Gasteiger partial charge on any atom is -0.278 e. The average molecular weight is 294 g/mol. The molecule has 1 aliphatic heterocycles. The minimum absolute atomic E-state index is 0.0169. The zero-order valence-corrected chi connectivity index (χ0v) is 12.4. The van der Waals surface area contributed by atoms with E-state index in [9.17, 15) is 14.9 Å². The number of benzene rings is 1. The second-order valence-corrected chi connectivity index (χ2v) is 6.65. The van der Waals surface area contributed by atoms with Crippen LogP contribution in [0.3, 0.4) is 0 Å². The average Bonchev–Trinajstić information content (AvgIpc) is 3.21. The third-order valence-corrected chi connectivity index (χ3v) is 5.57. The lowest BCUT2D eigenvalue weighted by Gasteiger charge is -2.31. The van der Waals surface area contributed by atoms with Crippen LogP contribution in [-0.4, -0.2) is 22.8 Å². The van der Waals surface area contributed by atoms with Crippen LogP contribution in [0.1, 0.15) is 43.6 Å². The first-order valence-corrected chi connectivity index (χ1v) is 8.05. The van der Waals surface area contributed by atoms with Gasteiger partial charge in [0.05, 0.1) is 12.0 Å². The third-order valence-electron chi connectivity index (χ3n) is 5.57. The lowest BCUT2D eigenvalue weighted by atomic mass is 9.92. The van der Waals surface area contributed by atoms with E-state index in [2.05, 4.69) is 6.07 Å². The van der Waals surface area contributed by atoms with Crippen LogP contribution in [0.25, 0.3) is 0 Å². The SMILES string of the molecule is N#C[C@@]12C(=O)N(C3CCCCC3)C(=O)[C@@H]1[C@H]2c1ccccc1. The van der Waals surface area contributed by atoms with Gasteiger partial charge in [-0.15, -0.1) is 0 Å². The highest BCUT2D eigenvalue weighted by Gasteiger charge is 2.81. The zero-order chi connectivity index (χ0) is 15.3. The maximum Gasteiger partial charge on any atom is 0.251 e. The topological polar surface area (TPSA) is 61.2 Å². The van der Waals surface area contributed by atoms with Crippen LogP contribution < -0.4 is 0 Å². The van der Waals surface area contributed by atoms with E-state index in [-0.39, 0.29) is 23.8 Å². The van der Waals surface area contributed by atoms with Crippen molar-refractivity contribution in [1.82, 2.24) is 4.90 Å². The summed E-state index contributed by atoms with van der Waals surface area (Å²) in [5.41, 5.74) is -0.199. The Labute approximate surface area is 129 Å². The molecule has 22 heavy (non-hydrogen) atoms. The summed E-state index contributed by atoms with van der Waals surface area (Å²) in [7, 11) is 0. The van der Waals surface area contributed by atoms with E-state index in [0.29, 0.717) is 0 Å². The van der Waals surface area contributed by atoms with Crippen LogP contribution in [0.2, 0.25) is 0 Å². The van der Waals surface area contributed by atoms with Crippen molar-refractivity contribution in [3.8, 4) is 6.07 Å². The summed E-state index contributed by atoms with van der Waals surface area (Å²) in [4.78, 5) is 27.1. The predicted molar refractivity (Wildman–Crippen MR) is 79.4 cm³/mol. The van der Waals surface area contributed by atoms with Crippen molar-refractivity contribution >= 4 is 11.8 Å². The van der Waals surface area contributed by atoms with E-state index < -0.39 is 11.3 Å². The first-order valence-electron chi connectivity index (χ1n) is 8.05. The second kappa shape index (κ2) is 4.67. The van der Waals surface area contributed by atoms with Gasteiger partial charge in [0.1, 0.15) is 0 Å². The van der Waals surface area contributed by atoms with Crippen molar-refractivity contribution in [2.75, 3.05) is 0 Å². The molecule has 2 aliphatic carbocycles. The Morgan fingerprint density at radius 1 is 1.05 bits per heavy atom. The van der Waals surface area contributed by atoms with Crippen molar-refractivity contribution in [2.24, 2.45) is 11.3 Å². The molecule has 1 heterocycles. The molecule has 1 aromatic rings. The summed E-state index contributed by atoms with van der Waals surface area (Å²) in [5, 5.41) is 9.65. The van der Waals surface area contributed by atoms with Gasteiger partial charge in [-0.2, -0.15) is 5.26 Å². The number of rotatable bonds is 2. The van der Waals surface area contributed by atoms with Crippen LogP contribution in [0.15, 0.2) is 30.3 Å². The number of fused-ring (bicyclic) bond motifs is 1. The van der Waals surface area contributed by atoms with Gasteiger partial charge >= 0.3 is 0 Å². The van der Waals surface area contributed by atoms with Gasteiger partial charge in [-0.25, -0.2) is 0 Å². The van der Waals surface area contributed by atoms with Gasteiger partial charge in [0.25, 0.3) is 5.91 Å². The summed E-state index contributed by atoms with van der Waals surface area (Å²) >= 11 is 0. The number of carbonyl (C=O) groups excluding carboxylic acids is 2. The smallest absolute Gasteiger partial charge is 0.251 e.